The number of hydrogen-bond donors (Lipinski definition) is 1. The van der Waals surface area contributed by atoms with Crippen molar-refractivity contribution in [2.24, 2.45) is 0 Å². The fourth-order valence-electron chi connectivity index (χ4n) is 2.55. The number of rotatable bonds is 6. The lowest BCUT2D eigenvalue weighted by atomic mass is 9.96. The number of benzene rings is 2. The minimum Gasteiger partial charge on any atom is -0.482 e. The maximum absolute atomic E-state index is 14.1. The zero-order valence-corrected chi connectivity index (χ0v) is 15.9. The molecule has 0 aliphatic rings. The van der Waals surface area contributed by atoms with Gasteiger partial charge in [0.2, 0.25) is 11.6 Å². The fraction of sp³-hybridized carbons (Fsp3) is 0.294. The summed E-state index contributed by atoms with van der Waals surface area (Å²) in [6.07, 6.45) is 0.0992. The Kier molecular flexibility index (Phi) is 6.66. The van der Waals surface area contributed by atoms with Gasteiger partial charge in [0.1, 0.15) is 6.61 Å². The molecule has 166 valence electrons. The zero-order valence-electron chi connectivity index (χ0n) is 15.1. The topological polar surface area (TPSA) is 63.6 Å². The van der Waals surface area contributed by atoms with E-state index in [-0.39, 0.29) is 6.42 Å². The Hall–Kier alpha value is -2.41. The molecule has 0 spiro atoms. The fourth-order valence-corrected chi connectivity index (χ4v) is 3.18. The molecule has 1 unspecified atom stereocenters. The van der Waals surface area contributed by atoms with Crippen molar-refractivity contribution >= 4 is 10.1 Å². The molecule has 0 aliphatic carbocycles. The molecule has 2 aromatic carbocycles. The van der Waals surface area contributed by atoms with Gasteiger partial charge in [-0.1, -0.05) is 13.8 Å². The van der Waals surface area contributed by atoms with E-state index in [1.807, 2.05) is 0 Å². The summed E-state index contributed by atoms with van der Waals surface area (Å²) in [5.74, 6) is -20.3. The molecule has 0 heterocycles. The van der Waals surface area contributed by atoms with Crippen molar-refractivity contribution in [3.05, 3.63) is 57.7 Å². The van der Waals surface area contributed by atoms with Gasteiger partial charge < -0.3 is 4.74 Å². The summed E-state index contributed by atoms with van der Waals surface area (Å²) >= 11 is 0. The molecule has 0 aromatic heterocycles. The monoisotopic (exact) mass is 464 g/mol. The van der Waals surface area contributed by atoms with E-state index in [2.05, 4.69) is 4.74 Å². The Morgan fingerprint density at radius 3 is 1.60 bits per heavy atom. The second kappa shape index (κ2) is 8.38. The zero-order chi connectivity index (χ0) is 23.1. The molecule has 0 radical (unpaired) electrons. The van der Waals surface area contributed by atoms with Crippen molar-refractivity contribution in [3.8, 4) is 5.75 Å². The van der Waals surface area contributed by atoms with Gasteiger partial charge in [0, 0.05) is 5.56 Å². The first kappa shape index (κ1) is 23.9. The van der Waals surface area contributed by atoms with Crippen LogP contribution in [0.4, 0.5) is 35.1 Å². The largest absolute Gasteiger partial charge is 0.482 e. The van der Waals surface area contributed by atoms with Crippen LogP contribution in [-0.2, 0) is 16.7 Å². The van der Waals surface area contributed by atoms with Crippen LogP contribution in [0.25, 0.3) is 0 Å². The molecule has 0 bridgehead atoms. The van der Waals surface area contributed by atoms with E-state index in [1.54, 1.807) is 0 Å². The van der Waals surface area contributed by atoms with E-state index >= 15 is 0 Å². The van der Waals surface area contributed by atoms with Gasteiger partial charge in [0.05, 0.1) is 5.56 Å². The summed E-state index contributed by atoms with van der Waals surface area (Å²) in [4.78, 5) is -2.34. The second-order valence-corrected chi connectivity index (χ2v) is 7.49. The highest BCUT2D eigenvalue weighted by Gasteiger charge is 2.33. The standard InChI is InChI=1S/C17H12F8O4S/c1-3-5(2)7-10(20)12(22)16(13(23)11(7)21)29-4-6-8(18)14(24)17(30(26,27)28)15(25)9(6)19/h5H,3-4H2,1-2H3,(H,26,27,28). The van der Waals surface area contributed by atoms with Crippen LogP contribution >= 0.6 is 0 Å². The summed E-state index contributed by atoms with van der Waals surface area (Å²) in [5.41, 5.74) is -2.63. The summed E-state index contributed by atoms with van der Waals surface area (Å²) in [6, 6.07) is 0. The Morgan fingerprint density at radius 2 is 1.23 bits per heavy atom. The molecule has 13 heteroatoms. The van der Waals surface area contributed by atoms with Crippen molar-refractivity contribution in [1.82, 2.24) is 0 Å². The van der Waals surface area contributed by atoms with Crippen molar-refractivity contribution in [3.63, 3.8) is 0 Å². The van der Waals surface area contributed by atoms with E-state index in [0.717, 1.165) is 0 Å². The lowest BCUT2D eigenvalue weighted by Gasteiger charge is -2.17. The van der Waals surface area contributed by atoms with E-state index < -0.39 is 91.0 Å². The van der Waals surface area contributed by atoms with Crippen LogP contribution in [-0.4, -0.2) is 13.0 Å². The minimum atomic E-state index is -5.72. The van der Waals surface area contributed by atoms with Gasteiger partial charge in [-0.2, -0.15) is 17.2 Å². The predicted molar refractivity (Wildman–Crippen MR) is 85.4 cm³/mol. The van der Waals surface area contributed by atoms with Crippen LogP contribution < -0.4 is 4.74 Å². The van der Waals surface area contributed by atoms with Gasteiger partial charge in [0.25, 0.3) is 0 Å². The molecular formula is C17H12F8O4S. The Balaban J connectivity index is 2.56. The van der Waals surface area contributed by atoms with Gasteiger partial charge in [-0.3, -0.25) is 4.55 Å². The highest BCUT2D eigenvalue weighted by atomic mass is 32.2. The third-order valence-corrected chi connectivity index (χ3v) is 5.17. The van der Waals surface area contributed by atoms with E-state index in [4.69, 9.17) is 4.55 Å². The number of hydrogen-bond acceptors (Lipinski definition) is 3. The maximum Gasteiger partial charge on any atom is 0.300 e. The first-order chi connectivity index (χ1) is 13.8. The first-order valence-electron chi connectivity index (χ1n) is 8.06. The average molecular weight is 464 g/mol. The summed E-state index contributed by atoms with van der Waals surface area (Å²) in [5, 5.41) is 0. The van der Waals surface area contributed by atoms with Crippen molar-refractivity contribution in [1.29, 1.82) is 0 Å². The van der Waals surface area contributed by atoms with E-state index in [0.29, 0.717) is 0 Å². The van der Waals surface area contributed by atoms with Crippen LogP contribution in [0.5, 0.6) is 5.75 Å². The highest BCUT2D eigenvalue weighted by Crippen LogP contribution is 2.36. The molecule has 0 saturated heterocycles. The Labute approximate surface area is 164 Å². The summed E-state index contributed by atoms with van der Waals surface area (Å²) in [7, 11) is -5.72. The van der Waals surface area contributed by atoms with Crippen LogP contribution in [0.1, 0.15) is 37.3 Å². The van der Waals surface area contributed by atoms with Crippen LogP contribution in [0.3, 0.4) is 0 Å². The van der Waals surface area contributed by atoms with E-state index in [1.165, 1.54) is 13.8 Å². The van der Waals surface area contributed by atoms with Crippen molar-refractivity contribution < 1.29 is 52.8 Å². The van der Waals surface area contributed by atoms with Gasteiger partial charge in [0.15, 0.2) is 45.5 Å². The molecule has 0 aliphatic heterocycles. The number of halogens is 8. The molecule has 2 aromatic rings. The van der Waals surface area contributed by atoms with E-state index in [9.17, 15) is 43.5 Å². The molecule has 0 saturated carbocycles. The minimum absolute atomic E-state index is 0.0992. The van der Waals surface area contributed by atoms with Gasteiger partial charge in [-0.25, -0.2) is 26.3 Å². The molecular weight excluding hydrogens is 452 g/mol. The third kappa shape index (κ3) is 3.95. The molecule has 0 amide bonds. The summed E-state index contributed by atoms with van der Waals surface area (Å²) in [6.45, 7) is 1.06. The molecule has 0 fully saturated rings. The molecule has 4 nitrogen and oxygen atoms in total. The van der Waals surface area contributed by atoms with Crippen LogP contribution in [0, 0.1) is 46.5 Å². The predicted octanol–water partition coefficient (Wildman–Crippen LogP) is 5.14. The Bertz CT molecular complexity index is 1060. The molecule has 30 heavy (non-hydrogen) atoms. The SMILES string of the molecule is CCC(C)c1c(F)c(F)c(OCc2c(F)c(F)c(S(=O)(=O)O)c(F)c2F)c(F)c1F. The van der Waals surface area contributed by atoms with Crippen molar-refractivity contribution in [2.45, 2.75) is 37.7 Å². The first-order valence-corrected chi connectivity index (χ1v) is 9.50. The highest BCUT2D eigenvalue weighted by molar-refractivity contribution is 7.85. The maximum atomic E-state index is 14.1. The number of ether oxygens (including phenoxy) is 1. The lowest BCUT2D eigenvalue weighted by Crippen LogP contribution is -2.15. The normalized spacial score (nSPS) is 12.9. The van der Waals surface area contributed by atoms with Crippen LogP contribution in [0.2, 0.25) is 0 Å². The quantitative estimate of drug-likeness (QED) is 0.366. The van der Waals surface area contributed by atoms with Gasteiger partial charge in [-0.15, -0.1) is 0 Å². The summed E-state index contributed by atoms with van der Waals surface area (Å²) < 4.78 is 147. The Morgan fingerprint density at radius 1 is 0.800 bits per heavy atom. The third-order valence-electron chi connectivity index (χ3n) is 4.30. The smallest absolute Gasteiger partial charge is 0.300 e. The molecule has 1 atom stereocenters. The second-order valence-electron chi connectivity index (χ2n) is 6.14. The van der Waals surface area contributed by atoms with Crippen LogP contribution in [0.15, 0.2) is 4.90 Å². The van der Waals surface area contributed by atoms with Gasteiger partial charge in [-0.05, 0) is 12.3 Å². The molecule has 2 rings (SSSR count). The average Bonchev–Trinajstić information content (AvgIpc) is 2.66. The van der Waals surface area contributed by atoms with Gasteiger partial charge >= 0.3 is 10.1 Å². The lowest BCUT2D eigenvalue weighted by molar-refractivity contribution is 0.245. The molecule has 1 N–H and O–H groups in total. The van der Waals surface area contributed by atoms with Crippen molar-refractivity contribution in [2.75, 3.05) is 0 Å².